The van der Waals surface area contributed by atoms with Gasteiger partial charge in [-0.15, -0.1) is 0 Å². The monoisotopic (exact) mass is 415 g/mol. The smallest absolute Gasteiger partial charge is 0.242 e. The van der Waals surface area contributed by atoms with E-state index in [1.165, 1.54) is 12.1 Å². The minimum Gasteiger partial charge on any atom is -0.333 e. The number of hydrogen-bond donors (Lipinski definition) is 1. The number of piperidine rings is 1. The second-order valence-corrected chi connectivity index (χ2v) is 8.90. The summed E-state index contributed by atoms with van der Waals surface area (Å²) in [5, 5.41) is 9.30. The van der Waals surface area contributed by atoms with Crippen LogP contribution in [0, 0.1) is 28.9 Å². The second kappa shape index (κ2) is 7.00. The van der Waals surface area contributed by atoms with Crippen molar-refractivity contribution in [1.29, 1.82) is 5.26 Å². The van der Waals surface area contributed by atoms with Gasteiger partial charge in [0.25, 0.3) is 0 Å². The summed E-state index contributed by atoms with van der Waals surface area (Å²) in [6.45, 7) is 0.997. The number of nitrogens with two attached hydrogens (primary N) is 1. The Morgan fingerprint density at radius 3 is 2.63 bits per heavy atom. The van der Waals surface area contributed by atoms with Gasteiger partial charge in [-0.1, -0.05) is 0 Å². The van der Waals surface area contributed by atoms with E-state index < -0.39 is 23.7 Å². The van der Waals surface area contributed by atoms with Crippen LogP contribution in [-0.4, -0.2) is 69.8 Å². The molecule has 9 heteroatoms. The van der Waals surface area contributed by atoms with Gasteiger partial charge in [0, 0.05) is 37.8 Å². The van der Waals surface area contributed by atoms with Gasteiger partial charge in [0.1, 0.15) is 17.7 Å². The van der Waals surface area contributed by atoms with Crippen LogP contribution in [-0.2, 0) is 16.1 Å². The van der Waals surface area contributed by atoms with Crippen molar-refractivity contribution in [2.75, 3.05) is 13.1 Å². The predicted octanol–water partition coefficient (Wildman–Crippen LogP) is 0.590. The summed E-state index contributed by atoms with van der Waals surface area (Å²) in [6.07, 6.45) is 2.29. The molecule has 7 nitrogen and oxygen atoms in total. The molecule has 30 heavy (non-hydrogen) atoms. The fraction of sp³-hybridized carbons (Fsp3) is 0.571. The third kappa shape index (κ3) is 3.15. The van der Waals surface area contributed by atoms with Crippen molar-refractivity contribution in [3.63, 3.8) is 0 Å². The minimum absolute atomic E-state index is 0.0670. The lowest BCUT2D eigenvalue weighted by atomic mass is 10.1. The molecule has 1 aliphatic carbocycles. The maximum absolute atomic E-state index is 13.5. The van der Waals surface area contributed by atoms with Crippen molar-refractivity contribution >= 4 is 11.8 Å². The van der Waals surface area contributed by atoms with Crippen LogP contribution in [0.15, 0.2) is 18.2 Å². The topological polar surface area (TPSA) is 93.7 Å². The highest BCUT2D eigenvalue weighted by Gasteiger charge is 2.55. The standard InChI is InChI=1S/C21H23F2N5O2/c22-13-1-11(2-14(23)5-13)8-27-16-6-19(21(27)30)26(9-16)10-17(25)20(29)28-15(7-24)3-12-4-18(12)28/h1-2,5,12,15-19H,3-4,6,8-10,25H2/t12-,15+,16?,17+,18+,19-/m1/s1. The Hall–Kier alpha value is -2.57. The molecule has 4 aliphatic rings. The lowest BCUT2D eigenvalue weighted by molar-refractivity contribution is -0.139. The van der Waals surface area contributed by atoms with Crippen LogP contribution in [0.25, 0.3) is 0 Å². The minimum atomic E-state index is -0.780. The normalized spacial score (nSPS) is 33.0. The van der Waals surface area contributed by atoms with Gasteiger partial charge in [-0.2, -0.15) is 5.26 Å². The average molecular weight is 415 g/mol. The number of carbonyl (C=O) groups excluding carboxylic acids is 2. The van der Waals surface area contributed by atoms with Crippen molar-refractivity contribution in [2.24, 2.45) is 11.7 Å². The first-order valence-corrected chi connectivity index (χ1v) is 10.3. The van der Waals surface area contributed by atoms with Gasteiger partial charge >= 0.3 is 0 Å². The van der Waals surface area contributed by atoms with Gasteiger partial charge in [-0.3, -0.25) is 14.5 Å². The first kappa shape index (κ1) is 19.4. The molecule has 5 rings (SSSR count). The molecule has 158 valence electrons. The summed E-state index contributed by atoms with van der Waals surface area (Å²) >= 11 is 0. The fourth-order valence-corrected chi connectivity index (χ4v) is 5.45. The Morgan fingerprint density at radius 1 is 1.23 bits per heavy atom. The number of likely N-dealkylation sites (tertiary alicyclic amines) is 3. The number of carbonyl (C=O) groups is 2. The molecule has 1 aromatic carbocycles. The van der Waals surface area contributed by atoms with E-state index in [1.54, 1.807) is 9.80 Å². The average Bonchev–Trinajstić information content (AvgIpc) is 3.04. The molecule has 2 N–H and O–H groups in total. The maximum atomic E-state index is 13.5. The molecule has 2 bridgehead atoms. The maximum Gasteiger partial charge on any atom is 0.242 e. The highest BCUT2D eigenvalue weighted by Crippen LogP contribution is 2.47. The van der Waals surface area contributed by atoms with Gasteiger partial charge in [0.15, 0.2) is 0 Å². The zero-order valence-corrected chi connectivity index (χ0v) is 16.4. The number of fused-ring (bicyclic) bond motifs is 3. The molecule has 0 aromatic heterocycles. The number of piperazine rings is 1. The highest BCUT2D eigenvalue weighted by atomic mass is 19.1. The Balaban J connectivity index is 1.21. The van der Waals surface area contributed by atoms with Crippen LogP contribution in [0.3, 0.4) is 0 Å². The molecule has 6 atom stereocenters. The van der Waals surface area contributed by atoms with E-state index >= 15 is 0 Å². The molecular weight excluding hydrogens is 392 g/mol. The van der Waals surface area contributed by atoms with Gasteiger partial charge < -0.3 is 15.5 Å². The van der Waals surface area contributed by atoms with Crippen molar-refractivity contribution in [2.45, 2.75) is 56.0 Å². The molecule has 3 heterocycles. The van der Waals surface area contributed by atoms with E-state index in [4.69, 9.17) is 5.73 Å². The van der Waals surface area contributed by atoms with E-state index in [0.717, 1.165) is 18.9 Å². The molecule has 0 radical (unpaired) electrons. The third-order valence-electron chi connectivity index (χ3n) is 6.92. The summed E-state index contributed by atoms with van der Waals surface area (Å²) in [5.74, 6) is -1.22. The van der Waals surface area contributed by atoms with E-state index in [2.05, 4.69) is 6.07 Å². The van der Waals surface area contributed by atoms with E-state index in [0.29, 0.717) is 24.4 Å². The SMILES string of the molecule is N#C[C@@H]1C[C@@H]2C[C@@H]2N1C(=O)[C@@H](N)CN1CC2C[C@@H]1C(=O)N2Cc1cc(F)cc(F)c1. The molecule has 0 spiro atoms. The first-order valence-electron chi connectivity index (χ1n) is 10.3. The number of benzene rings is 1. The summed E-state index contributed by atoms with van der Waals surface area (Å²) in [6, 6.07) is 4.01. The van der Waals surface area contributed by atoms with Gasteiger partial charge in [0.2, 0.25) is 11.8 Å². The highest BCUT2D eigenvalue weighted by molar-refractivity contribution is 5.86. The van der Waals surface area contributed by atoms with Crippen LogP contribution >= 0.6 is 0 Å². The van der Waals surface area contributed by atoms with E-state index in [-0.39, 0.29) is 43.0 Å². The number of nitriles is 1. The molecule has 4 fully saturated rings. The van der Waals surface area contributed by atoms with Crippen molar-refractivity contribution in [3.05, 3.63) is 35.4 Å². The quantitative estimate of drug-likeness (QED) is 0.760. The van der Waals surface area contributed by atoms with Crippen LogP contribution in [0.4, 0.5) is 8.78 Å². The predicted molar refractivity (Wildman–Crippen MR) is 101 cm³/mol. The molecular formula is C21H23F2N5O2. The summed E-state index contributed by atoms with van der Waals surface area (Å²) in [5.41, 5.74) is 6.61. The molecule has 2 amide bonds. The lowest BCUT2D eigenvalue weighted by Crippen LogP contribution is -2.56. The number of nitrogens with zero attached hydrogens (tertiary/aromatic N) is 4. The van der Waals surface area contributed by atoms with Gasteiger partial charge in [-0.25, -0.2) is 8.78 Å². The first-order chi connectivity index (χ1) is 14.4. The second-order valence-electron chi connectivity index (χ2n) is 8.90. The Bertz CT molecular complexity index is 930. The van der Waals surface area contributed by atoms with Crippen LogP contribution < -0.4 is 5.73 Å². The molecule has 1 saturated carbocycles. The Kier molecular flexibility index (Phi) is 4.52. The Labute approximate surface area is 173 Å². The summed E-state index contributed by atoms with van der Waals surface area (Å²) in [4.78, 5) is 30.9. The fourth-order valence-electron chi connectivity index (χ4n) is 5.45. The van der Waals surface area contributed by atoms with Crippen LogP contribution in [0.1, 0.15) is 24.8 Å². The number of amides is 2. The zero-order chi connectivity index (χ0) is 21.2. The Morgan fingerprint density at radius 2 is 1.97 bits per heavy atom. The largest absolute Gasteiger partial charge is 0.333 e. The molecule has 1 unspecified atom stereocenters. The van der Waals surface area contributed by atoms with E-state index in [1.807, 2.05) is 4.90 Å². The third-order valence-corrected chi connectivity index (χ3v) is 6.92. The zero-order valence-electron chi connectivity index (χ0n) is 16.4. The summed E-state index contributed by atoms with van der Waals surface area (Å²) < 4.78 is 26.9. The van der Waals surface area contributed by atoms with Gasteiger partial charge in [-0.05, 0) is 42.9 Å². The summed E-state index contributed by atoms with van der Waals surface area (Å²) in [7, 11) is 0. The molecule has 3 aliphatic heterocycles. The number of rotatable bonds is 5. The lowest BCUT2D eigenvalue weighted by Gasteiger charge is -2.35. The number of halogens is 2. The number of hydrogen-bond acceptors (Lipinski definition) is 5. The molecule has 1 aromatic rings. The van der Waals surface area contributed by atoms with E-state index in [9.17, 15) is 23.6 Å². The van der Waals surface area contributed by atoms with Gasteiger partial charge in [0.05, 0.1) is 18.2 Å². The van der Waals surface area contributed by atoms with Crippen LogP contribution in [0.5, 0.6) is 0 Å². The van der Waals surface area contributed by atoms with Crippen molar-refractivity contribution < 1.29 is 18.4 Å². The van der Waals surface area contributed by atoms with Crippen LogP contribution in [0.2, 0.25) is 0 Å². The van der Waals surface area contributed by atoms with Crippen molar-refractivity contribution in [3.8, 4) is 6.07 Å². The van der Waals surface area contributed by atoms with Crippen molar-refractivity contribution in [1.82, 2.24) is 14.7 Å². The molecule has 3 saturated heterocycles.